The Morgan fingerprint density at radius 3 is 2.32 bits per heavy atom. The maximum absolute atomic E-state index is 13.1. The molecule has 0 radical (unpaired) electrons. The summed E-state index contributed by atoms with van der Waals surface area (Å²) in [5.41, 5.74) is 3.71. The van der Waals surface area contributed by atoms with E-state index >= 15 is 0 Å². The van der Waals surface area contributed by atoms with Crippen LogP contribution in [-0.4, -0.2) is 55.8 Å². The average molecular weight is 514 g/mol. The van der Waals surface area contributed by atoms with E-state index < -0.39 is 10.2 Å². The lowest BCUT2D eigenvalue weighted by Gasteiger charge is -2.46. The van der Waals surface area contributed by atoms with E-state index in [4.69, 9.17) is 9.47 Å². The van der Waals surface area contributed by atoms with Gasteiger partial charge in [0.1, 0.15) is 24.6 Å². The second-order valence-corrected chi connectivity index (χ2v) is 10.1. The highest BCUT2D eigenvalue weighted by atomic mass is 16.6. The minimum Gasteiger partial charge on any atom is -0.625 e. The van der Waals surface area contributed by atoms with Gasteiger partial charge in [0.05, 0.1) is 25.6 Å². The normalized spacial score (nSPS) is 20.7. The van der Waals surface area contributed by atoms with Gasteiger partial charge in [0.25, 0.3) is 0 Å². The van der Waals surface area contributed by atoms with Gasteiger partial charge in [-0.2, -0.15) is 0 Å². The summed E-state index contributed by atoms with van der Waals surface area (Å²) in [7, 11) is 0. The topological polar surface area (TPSA) is 82.1 Å². The molecule has 1 fully saturated rings. The van der Waals surface area contributed by atoms with Gasteiger partial charge in [-0.3, -0.25) is 4.65 Å². The van der Waals surface area contributed by atoms with E-state index in [0.29, 0.717) is 30.2 Å². The van der Waals surface area contributed by atoms with Gasteiger partial charge >= 0.3 is 11.9 Å². The van der Waals surface area contributed by atoms with E-state index in [9.17, 15) is 14.8 Å². The molecule has 6 rings (SSSR count). The summed E-state index contributed by atoms with van der Waals surface area (Å²) in [6.07, 6.45) is 0. The second kappa shape index (κ2) is 8.85. The number of nitrogens with zero attached hydrogens (tertiary/aromatic N) is 3. The van der Waals surface area contributed by atoms with Gasteiger partial charge in [-0.05, 0) is 44.2 Å². The molecule has 3 aromatic rings. The van der Waals surface area contributed by atoms with Crippen LogP contribution in [0.2, 0.25) is 0 Å². The van der Waals surface area contributed by atoms with Gasteiger partial charge in [-0.25, -0.2) is 9.59 Å². The van der Waals surface area contributed by atoms with Gasteiger partial charge in [-0.15, -0.1) is 0 Å². The third-order valence-corrected chi connectivity index (χ3v) is 8.21. The highest BCUT2D eigenvalue weighted by molar-refractivity contribution is 5.97. The molecule has 1 atom stereocenters. The van der Waals surface area contributed by atoms with Crippen LogP contribution in [0.3, 0.4) is 0 Å². The van der Waals surface area contributed by atoms with Gasteiger partial charge in [0.15, 0.2) is 5.60 Å². The number of fused-ring (bicyclic) bond motifs is 6. The molecule has 3 aliphatic rings. The van der Waals surface area contributed by atoms with E-state index in [-0.39, 0.29) is 25.0 Å². The number of anilines is 2. The minimum atomic E-state index is -1.12. The van der Waals surface area contributed by atoms with Crippen LogP contribution < -0.4 is 14.5 Å². The van der Waals surface area contributed by atoms with E-state index in [2.05, 4.69) is 29.7 Å². The minimum absolute atomic E-state index is 0.207. The van der Waals surface area contributed by atoms with Crippen molar-refractivity contribution in [1.82, 2.24) is 0 Å². The van der Waals surface area contributed by atoms with Crippen molar-refractivity contribution in [3.05, 3.63) is 88.1 Å². The fourth-order valence-corrected chi connectivity index (χ4v) is 6.00. The number of carbonyl (C=O) groups excluding carboxylic acids is 2. The third-order valence-electron chi connectivity index (χ3n) is 8.21. The summed E-state index contributed by atoms with van der Waals surface area (Å²) in [4.78, 5) is 29.3. The highest BCUT2D eigenvalue weighted by Crippen LogP contribution is 2.57. The Morgan fingerprint density at radius 1 is 0.974 bits per heavy atom. The molecule has 196 valence electrons. The van der Waals surface area contributed by atoms with Gasteiger partial charge < -0.3 is 24.5 Å². The molecule has 8 nitrogen and oxygen atoms in total. The number of benzene rings is 3. The lowest BCUT2D eigenvalue weighted by Crippen LogP contribution is -2.58. The molecule has 1 spiro atoms. The Morgan fingerprint density at radius 2 is 1.63 bits per heavy atom. The van der Waals surface area contributed by atoms with E-state index in [1.165, 1.54) is 6.92 Å². The second-order valence-electron chi connectivity index (χ2n) is 10.1. The molecule has 3 aromatic carbocycles. The van der Waals surface area contributed by atoms with Crippen molar-refractivity contribution in [2.45, 2.75) is 26.4 Å². The number of quaternary nitrogens is 1. The predicted octanol–water partition coefficient (Wildman–Crippen LogP) is 4.78. The van der Waals surface area contributed by atoms with Crippen molar-refractivity contribution in [3.8, 4) is 11.5 Å². The van der Waals surface area contributed by atoms with Crippen molar-refractivity contribution >= 4 is 23.3 Å². The van der Waals surface area contributed by atoms with Crippen LogP contribution in [0, 0.1) is 5.21 Å². The van der Waals surface area contributed by atoms with Crippen LogP contribution >= 0.6 is 0 Å². The molecule has 38 heavy (non-hydrogen) atoms. The van der Waals surface area contributed by atoms with Crippen molar-refractivity contribution in [2.24, 2.45) is 0 Å². The van der Waals surface area contributed by atoms with E-state index in [1.807, 2.05) is 48.5 Å². The number of piperazine rings is 1. The van der Waals surface area contributed by atoms with Crippen LogP contribution in [-0.2, 0) is 15.1 Å². The first-order valence-electron chi connectivity index (χ1n) is 13.2. The number of ether oxygens (including phenoxy) is 2. The highest BCUT2D eigenvalue weighted by Gasteiger charge is 2.53. The largest absolute Gasteiger partial charge is 0.625 e. The number of esters is 1. The Kier molecular flexibility index (Phi) is 5.70. The summed E-state index contributed by atoms with van der Waals surface area (Å²) in [5.74, 6) is 0.536. The molecule has 0 saturated carbocycles. The molecule has 1 unspecified atom stereocenters. The fourth-order valence-electron chi connectivity index (χ4n) is 6.00. The monoisotopic (exact) mass is 513 g/mol. The van der Waals surface area contributed by atoms with Crippen LogP contribution in [0.15, 0.2) is 60.7 Å². The number of hydroxylamine groups is 3. The molecule has 1 amide bonds. The lowest BCUT2D eigenvalue weighted by atomic mass is 9.77. The number of rotatable bonds is 4. The molecule has 3 aliphatic heterocycles. The maximum Gasteiger partial charge on any atom is 0.340 e. The van der Waals surface area contributed by atoms with Crippen molar-refractivity contribution in [1.29, 1.82) is 0 Å². The van der Waals surface area contributed by atoms with Crippen LogP contribution in [0.25, 0.3) is 0 Å². The van der Waals surface area contributed by atoms with E-state index in [1.54, 1.807) is 6.07 Å². The molecule has 0 aliphatic carbocycles. The SMILES string of the molecule is CCN(CC)c1ccc2c(c1)Oc1cc(N3CC[N+]([O-])(C(C)=O)CC3)ccc1C21OC(=O)c2ccccc21. The Hall–Kier alpha value is -3.88. The molecule has 3 heterocycles. The quantitative estimate of drug-likeness (QED) is 0.282. The molecule has 0 aromatic heterocycles. The summed E-state index contributed by atoms with van der Waals surface area (Å²) in [5, 5.41) is 12.7. The summed E-state index contributed by atoms with van der Waals surface area (Å²) in [6, 6.07) is 19.5. The molecule has 8 heteroatoms. The Balaban J connectivity index is 1.47. The predicted molar refractivity (Wildman–Crippen MR) is 145 cm³/mol. The van der Waals surface area contributed by atoms with Crippen LogP contribution in [0.1, 0.15) is 47.8 Å². The summed E-state index contributed by atoms with van der Waals surface area (Å²) < 4.78 is 12.0. The standard InChI is InChI=1S/C30H31N3O5/c1-4-31(5-2)21-10-12-25-27(18-21)37-28-19-22(32-14-16-33(36,17-15-32)20(3)34)11-13-26(28)30(25)24-9-7-6-8-23(24)29(35)38-30/h6-13,18-19H,4-5,14-17H2,1-3H3. The van der Waals surface area contributed by atoms with Crippen molar-refractivity contribution in [3.63, 3.8) is 0 Å². The van der Waals surface area contributed by atoms with Gasteiger partial charge in [0, 0.05) is 53.3 Å². The van der Waals surface area contributed by atoms with Crippen molar-refractivity contribution in [2.75, 3.05) is 49.1 Å². The molecular weight excluding hydrogens is 482 g/mol. The first-order valence-corrected chi connectivity index (χ1v) is 13.2. The third kappa shape index (κ3) is 3.51. The molecular formula is C30H31N3O5. The maximum atomic E-state index is 13.1. The van der Waals surface area contributed by atoms with Crippen molar-refractivity contribution < 1.29 is 23.7 Å². The molecule has 1 saturated heterocycles. The van der Waals surface area contributed by atoms with Gasteiger partial charge in [-0.1, -0.05) is 18.2 Å². The lowest BCUT2D eigenvalue weighted by molar-refractivity contribution is -0.804. The fraction of sp³-hybridized carbons (Fsp3) is 0.333. The molecule has 0 bridgehead atoms. The van der Waals surface area contributed by atoms with Crippen LogP contribution in [0.4, 0.5) is 11.4 Å². The van der Waals surface area contributed by atoms with Crippen LogP contribution in [0.5, 0.6) is 11.5 Å². The first-order chi connectivity index (χ1) is 18.3. The zero-order valence-corrected chi connectivity index (χ0v) is 21.9. The van der Waals surface area contributed by atoms with E-state index in [0.717, 1.165) is 41.2 Å². The Bertz CT molecular complexity index is 1440. The summed E-state index contributed by atoms with van der Waals surface area (Å²) in [6.45, 7) is 8.64. The summed E-state index contributed by atoms with van der Waals surface area (Å²) >= 11 is 0. The van der Waals surface area contributed by atoms with Gasteiger partial charge in [0.2, 0.25) is 0 Å². The number of amides is 1. The zero-order chi connectivity index (χ0) is 26.7. The number of hydrogen-bond donors (Lipinski definition) is 0. The number of carbonyl (C=O) groups is 2. The Labute approximate surface area is 222 Å². The first kappa shape index (κ1) is 24.5. The number of hydrogen-bond acceptors (Lipinski definition) is 7. The average Bonchev–Trinajstić information content (AvgIpc) is 3.22. The zero-order valence-electron chi connectivity index (χ0n) is 21.9. The molecule has 0 N–H and O–H groups in total. The smallest absolute Gasteiger partial charge is 0.340 e.